The molecule has 0 aliphatic rings. The molecule has 0 atom stereocenters. The average Bonchev–Trinajstić information content (AvgIpc) is 2.32. The molecular formula is C14H27NO2. The van der Waals surface area contributed by atoms with Crippen LogP contribution in [0.5, 0.6) is 0 Å². The number of hydrogen-bond acceptors (Lipinski definition) is 3. The lowest BCUT2D eigenvalue weighted by atomic mass is 10.1. The van der Waals surface area contributed by atoms with Gasteiger partial charge in [-0.15, -0.1) is 5.06 Å². The van der Waals surface area contributed by atoms with Gasteiger partial charge in [-0.1, -0.05) is 58.4 Å². The van der Waals surface area contributed by atoms with Crippen LogP contribution < -0.4 is 0 Å². The number of unbranched alkanes of at least 4 members (excludes halogenated alkanes) is 7. The van der Waals surface area contributed by atoms with Crippen molar-refractivity contribution in [2.24, 2.45) is 0 Å². The van der Waals surface area contributed by atoms with Crippen LogP contribution in [-0.2, 0) is 9.63 Å². The Morgan fingerprint density at radius 3 is 2.18 bits per heavy atom. The van der Waals surface area contributed by atoms with Crippen molar-refractivity contribution >= 4 is 5.97 Å². The van der Waals surface area contributed by atoms with Crippen LogP contribution in [0.25, 0.3) is 0 Å². The van der Waals surface area contributed by atoms with Gasteiger partial charge in [-0.3, -0.25) is 0 Å². The Kier molecular flexibility index (Phi) is 11.1. The molecule has 0 unspecified atom stereocenters. The lowest BCUT2D eigenvalue weighted by Crippen LogP contribution is -2.23. The minimum absolute atomic E-state index is 0.382. The molecule has 17 heavy (non-hydrogen) atoms. The first-order valence-corrected chi connectivity index (χ1v) is 6.76. The van der Waals surface area contributed by atoms with Gasteiger partial charge in [0.25, 0.3) is 0 Å². The van der Waals surface area contributed by atoms with Gasteiger partial charge in [0, 0.05) is 19.7 Å². The molecule has 0 aliphatic heterocycles. The molecule has 0 saturated heterocycles. The maximum absolute atomic E-state index is 10.9. The Bertz CT molecular complexity index is 204. The monoisotopic (exact) mass is 241 g/mol. The van der Waals surface area contributed by atoms with Crippen LogP contribution >= 0.6 is 0 Å². The van der Waals surface area contributed by atoms with Crippen LogP contribution in [0.4, 0.5) is 0 Å². The topological polar surface area (TPSA) is 29.5 Å². The van der Waals surface area contributed by atoms with Crippen molar-refractivity contribution in [1.82, 2.24) is 5.06 Å². The summed E-state index contributed by atoms with van der Waals surface area (Å²) in [4.78, 5) is 15.8. The van der Waals surface area contributed by atoms with E-state index in [0.29, 0.717) is 0 Å². The first kappa shape index (κ1) is 16.2. The summed E-state index contributed by atoms with van der Waals surface area (Å²) in [5.41, 5.74) is 0. The van der Waals surface area contributed by atoms with E-state index in [1.54, 1.807) is 12.1 Å². The van der Waals surface area contributed by atoms with E-state index in [0.717, 1.165) is 13.0 Å². The molecule has 0 aromatic rings. The summed E-state index contributed by atoms with van der Waals surface area (Å²) in [6.07, 6.45) is 11.5. The maximum Gasteiger partial charge on any atom is 0.349 e. The van der Waals surface area contributed by atoms with Crippen LogP contribution in [0.15, 0.2) is 12.7 Å². The van der Waals surface area contributed by atoms with Gasteiger partial charge in [0.15, 0.2) is 0 Å². The van der Waals surface area contributed by atoms with Crippen molar-refractivity contribution in [3.63, 3.8) is 0 Å². The molecule has 100 valence electrons. The Morgan fingerprint density at radius 2 is 1.65 bits per heavy atom. The summed E-state index contributed by atoms with van der Waals surface area (Å²) in [6, 6.07) is 0. The van der Waals surface area contributed by atoms with E-state index in [2.05, 4.69) is 13.5 Å². The van der Waals surface area contributed by atoms with E-state index in [1.165, 1.54) is 51.0 Å². The first-order chi connectivity index (χ1) is 8.20. The second-order valence-corrected chi connectivity index (χ2v) is 4.44. The molecule has 0 heterocycles. The summed E-state index contributed by atoms with van der Waals surface area (Å²) < 4.78 is 0. The molecule has 3 nitrogen and oxygen atoms in total. The molecule has 3 heteroatoms. The van der Waals surface area contributed by atoms with E-state index in [4.69, 9.17) is 4.84 Å². The summed E-state index contributed by atoms with van der Waals surface area (Å²) in [5, 5.41) is 1.58. The third kappa shape index (κ3) is 11.4. The fourth-order valence-electron chi connectivity index (χ4n) is 1.70. The van der Waals surface area contributed by atoms with Crippen LogP contribution in [0.2, 0.25) is 0 Å². The summed E-state index contributed by atoms with van der Waals surface area (Å²) in [5.74, 6) is -0.382. The minimum Gasteiger partial charge on any atom is -0.365 e. The van der Waals surface area contributed by atoms with Crippen LogP contribution in [0.1, 0.15) is 58.3 Å². The zero-order chi connectivity index (χ0) is 12.9. The molecule has 0 aromatic carbocycles. The molecule has 0 amide bonds. The van der Waals surface area contributed by atoms with Gasteiger partial charge in [0.1, 0.15) is 0 Å². The Labute approximate surface area is 106 Å². The van der Waals surface area contributed by atoms with Crippen molar-refractivity contribution in [3.8, 4) is 0 Å². The van der Waals surface area contributed by atoms with Crippen molar-refractivity contribution in [1.29, 1.82) is 0 Å². The van der Waals surface area contributed by atoms with Crippen LogP contribution in [0.3, 0.4) is 0 Å². The van der Waals surface area contributed by atoms with Crippen molar-refractivity contribution in [3.05, 3.63) is 12.7 Å². The van der Waals surface area contributed by atoms with Gasteiger partial charge in [-0.05, 0) is 6.42 Å². The van der Waals surface area contributed by atoms with Crippen molar-refractivity contribution < 1.29 is 9.63 Å². The zero-order valence-corrected chi connectivity index (χ0v) is 11.4. The van der Waals surface area contributed by atoms with E-state index >= 15 is 0 Å². The summed E-state index contributed by atoms with van der Waals surface area (Å²) in [6.45, 7) is 6.39. The highest BCUT2D eigenvalue weighted by atomic mass is 16.7. The molecule has 0 fully saturated rings. The molecular weight excluding hydrogens is 214 g/mol. The molecule has 0 radical (unpaired) electrons. The van der Waals surface area contributed by atoms with Gasteiger partial charge in [0.05, 0.1) is 0 Å². The Morgan fingerprint density at radius 1 is 1.12 bits per heavy atom. The van der Waals surface area contributed by atoms with Crippen molar-refractivity contribution in [2.45, 2.75) is 58.3 Å². The van der Waals surface area contributed by atoms with Gasteiger partial charge in [-0.2, -0.15) is 0 Å². The van der Waals surface area contributed by atoms with E-state index in [1.807, 2.05) is 0 Å². The number of rotatable bonds is 11. The third-order valence-corrected chi connectivity index (χ3v) is 2.74. The van der Waals surface area contributed by atoms with Crippen LogP contribution in [0, 0.1) is 0 Å². The minimum atomic E-state index is -0.382. The standard InChI is InChI=1S/C14H27NO2/c1-4-6-7-8-9-10-11-12-13-15(3)17-14(16)5-2/h5H,2,4,6-13H2,1,3H3. The maximum atomic E-state index is 10.9. The summed E-state index contributed by atoms with van der Waals surface area (Å²) in [7, 11) is 1.78. The predicted molar refractivity (Wildman–Crippen MR) is 71.5 cm³/mol. The molecule has 0 N–H and O–H groups in total. The molecule has 0 saturated carbocycles. The fourth-order valence-corrected chi connectivity index (χ4v) is 1.70. The second-order valence-electron chi connectivity index (χ2n) is 4.44. The van der Waals surface area contributed by atoms with E-state index < -0.39 is 0 Å². The molecule has 0 rings (SSSR count). The highest BCUT2D eigenvalue weighted by Gasteiger charge is 2.02. The molecule has 0 bridgehead atoms. The number of carbonyl (C=O) groups is 1. The molecule has 0 aliphatic carbocycles. The normalized spacial score (nSPS) is 10.5. The average molecular weight is 241 g/mol. The lowest BCUT2D eigenvalue weighted by Gasteiger charge is -2.14. The van der Waals surface area contributed by atoms with Gasteiger partial charge in [-0.25, -0.2) is 4.79 Å². The van der Waals surface area contributed by atoms with Gasteiger partial charge in [0.2, 0.25) is 0 Å². The second kappa shape index (κ2) is 11.6. The molecule has 0 aromatic heterocycles. The van der Waals surface area contributed by atoms with Crippen LogP contribution in [-0.4, -0.2) is 24.6 Å². The highest BCUT2D eigenvalue weighted by Crippen LogP contribution is 2.08. The lowest BCUT2D eigenvalue weighted by molar-refractivity contribution is -0.177. The fraction of sp³-hybridized carbons (Fsp3) is 0.786. The van der Waals surface area contributed by atoms with Gasteiger partial charge >= 0.3 is 5.97 Å². The highest BCUT2D eigenvalue weighted by molar-refractivity contribution is 5.80. The number of carbonyl (C=O) groups excluding carboxylic acids is 1. The number of hydroxylamine groups is 2. The quantitative estimate of drug-likeness (QED) is 0.314. The third-order valence-electron chi connectivity index (χ3n) is 2.74. The van der Waals surface area contributed by atoms with E-state index in [-0.39, 0.29) is 5.97 Å². The molecule has 0 spiro atoms. The number of nitrogens with zero attached hydrogens (tertiary/aromatic N) is 1. The predicted octanol–water partition coefficient (Wildman–Crippen LogP) is 3.70. The SMILES string of the molecule is C=CC(=O)ON(C)CCCCCCCCCC. The Balaban J connectivity index is 3.21. The number of hydrogen-bond donors (Lipinski definition) is 0. The van der Waals surface area contributed by atoms with E-state index in [9.17, 15) is 4.79 Å². The van der Waals surface area contributed by atoms with Crippen molar-refractivity contribution in [2.75, 3.05) is 13.6 Å². The Hall–Kier alpha value is -0.830. The first-order valence-electron chi connectivity index (χ1n) is 6.76. The summed E-state index contributed by atoms with van der Waals surface area (Å²) >= 11 is 0. The zero-order valence-electron chi connectivity index (χ0n) is 11.4. The largest absolute Gasteiger partial charge is 0.365 e. The van der Waals surface area contributed by atoms with Gasteiger partial charge < -0.3 is 4.84 Å². The smallest absolute Gasteiger partial charge is 0.349 e.